The Morgan fingerprint density at radius 3 is 2.09 bits per heavy atom. The fourth-order valence-electron chi connectivity index (χ4n) is 8.33. The SMILES string of the molecule is CCC(CC(C)n1c2ccccc2c2ccccc21)c1ccc(CN=c2nc3oc4cc(N(CC)CC)ccc4cc3c3nc4ccccc4n23)cc1. The normalized spacial score (nSPS) is 13.6. The van der Waals surface area contributed by atoms with E-state index < -0.39 is 0 Å². The van der Waals surface area contributed by atoms with E-state index in [0.717, 1.165) is 70.2 Å². The minimum atomic E-state index is 0.345. The van der Waals surface area contributed by atoms with Gasteiger partial charge in [-0.3, -0.25) is 4.40 Å². The van der Waals surface area contributed by atoms with Crippen molar-refractivity contribution in [2.75, 3.05) is 18.0 Å². The van der Waals surface area contributed by atoms with Crippen molar-refractivity contribution in [2.45, 2.75) is 59.0 Å². The van der Waals surface area contributed by atoms with Crippen LogP contribution in [0.3, 0.4) is 0 Å². The molecule has 9 aromatic rings. The molecular weight excluding hydrogens is 653 g/mol. The monoisotopic (exact) mass is 696 g/mol. The standard InChI is InChI=1S/C46H44N6O/c1-5-32(26-30(4)51-40-17-11-8-14-36(40)37-15-9-12-18-41(37)51)33-22-20-31(21-23-33)29-47-46-49-45-38(44-48-39-16-10-13-19-42(39)52(44)46)27-34-24-25-35(28-43(34)53-45)50(6-2)7-3/h8-25,27-28,30,32H,5-7,26,29H2,1-4H3. The number of imidazole rings is 1. The Morgan fingerprint density at radius 1 is 0.717 bits per heavy atom. The smallest absolute Gasteiger partial charge is 0.234 e. The minimum absolute atomic E-state index is 0.345. The third kappa shape index (κ3) is 5.71. The first-order valence-corrected chi connectivity index (χ1v) is 19.0. The summed E-state index contributed by atoms with van der Waals surface area (Å²) in [5.41, 5.74) is 10.9. The summed E-state index contributed by atoms with van der Waals surface area (Å²) in [6.45, 7) is 11.4. The molecule has 0 aliphatic rings. The summed E-state index contributed by atoms with van der Waals surface area (Å²) in [5, 5.41) is 4.53. The van der Waals surface area contributed by atoms with E-state index in [1.54, 1.807) is 0 Å². The molecule has 0 bridgehead atoms. The highest BCUT2D eigenvalue weighted by molar-refractivity contribution is 6.08. The van der Waals surface area contributed by atoms with Crippen LogP contribution in [-0.2, 0) is 6.54 Å². The lowest BCUT2D eigenvalue weighted by atomic mass is 9.89. The van der Waals surface area contributed by atoms with E-state index in [0.29, 0.717) is 29.8 Å². The largest absolute Gasteiger partial charge is 0.437 e. The average Bonchev–Trinajstić information content (AvgIpc) is 3.76. The van der Waals surface area contributed by atoms with Gasteiger partial charge in [-0.25, -0.2) is 9.98 Å². The molecule has 0 aliphatic carbocycles. The Hall–Kier alpha value is -5.95. The van der Waals surface area contributed by atoms with Crippen molar-refractivity contribution in [3.63, 3.8) is 0 Å². The summed E-state index contributed by atoms with van der Waals surface area (Å²) in [7, 11) is 0. The van der Waals surface area contributed by atoms with Crippen molar-refractivity contribution >= 4 is 66.2 Å². The molecule has 0 N–H and O–H groups in total. The van der Waals surface area contributed by atoms with Gasteiger partial charge in [-0.05, 0) is 93.1 Å². The van der Waals surface area contributed by atoms with Crippen molar-refractivity contribution < 1.29 is 4.42 Å². The van der Waals surface area contributed by atoms with Gasteiger partial charge in [-0.15, -0.1) is 0 Å². The van der Waals surface area contributed by atoms with Gasteiger partial charge in [0.15, 0.2) is 5.65 Å². The van der Waals surface area contributed by atoms with E-state index in [9.17, 15) is 0 Å². The van der Waals surface area contributed by atoms with Crippen molar-refractivity contribution in [3.8, 4) is 0 Å². The molecule has 264 valence electrons. The van der Waals surface area contributed by atoms with Crippen LogP contribution in [0, 0.1) is 0 Å². The molecular formula is C46H44N6O. The minimum Gasteiger partial charge on any atom is -0.437 e. The maximum absolute atomic E-state index is 6.53. The van der Waals surface area contributed by atoms with Crippen molar-refractivity contribution in [1.82, 2.24) is 18.9 Å². The fourth-order valence-corrected chi connectivity index (χ4v) is 8.33. The fraction of sp³-hybridized carbons (Fsp3) is 0.239. The molecule has 0 saturated carbocycles. The van der Waals surface area contributed by atoms with Crippen LogP contribution in [0.5, 0.6) is 0 Å². The number of para-hydroxylation sites is 4. The summed E-state index contributed by atoms with van der Waals surface area (Å²) in [6.07, 6.45) is 2.14. The van der Waals surface area contributed by atoms with Gasteiger partial charge in [0.2, 0.25) is 11.3 Å². The summed E-state index contributed by atoms with van der Waals surface area (Å²) in [6, 6.07) is 43.7. The van der Waals surface area contributed by atoms with Crippen LogP contribution in [0.4, 0.5) is 5.69 Å². The topological polar surface area (TPSA) is 63.9 Å². The molecule has 53 heavy (non-hydrogen) atoms. The molecule has 0 radical (unpaired) electrons. The number of benzene rings is 5. The third-order valence-electron chi connectivity index (χ3n) is 11.1. The molecule has 0 aliphatic heterocycles. The number of aromatic nitrogens is 4. The van der Waals surface area contributed by atoms with Gasteiger partial charge in [0.05, 0.1) is 23.0 Å². The van der Waals surface area contributed by atoms with E-state index in [1.807, 2.05) is 18.2 Å². The van der Waals surface area contributed by atoms with Crippen LogP contribution in [0.15, 0.2) is 131 Å². The highest BCUT2D eigenvalue weighted by Gasteiger charge is 2.20. The molecule has 4 aromatic heterocycles. The van der Waals surface area contributed by atoms with Crippen LogP contribution < -0.4 is 10.5 Å². The number of fused-ring (bicyclic) bond motifs is 9. The van der Waals surface area contributed by atoms with Gasteiger partial charge in [0, 0.05) is 58.1 Å². The molecule has 0 fully saturated rings. The molecule has 2 atom stereocenters. The number of nitrogens with zero attached hydrogens (tertiary/aromatic N) is 6. The van der Waals surface area contributed by atoms with Crippen LogP contribution in [0.2, 0.25) is 0 Å². The van der Waals surface area contributed by atoms with Gasteiger partial charge in [0.25, 0.3) is 0 Å². The molecule has 0 saturated heterocycles. The number of rotatable bonds is 10. The molecule has 0 amide bonds. The van der Waals surface area contributed by atoms with Gasteiger partial charge in [-0.1, -0.05) is 79.7 Å². The first-order valence-electron chi connectivity index (χ1n) is 19.0. The van der Waals surface area contributed by atoms with Crippen LogP contribution in [0.1, 0.15) is 63.6 Å². The Balaban J connectivity index is 1.05. The lowest BCUT2D eigenvalue weighted by molar-refractivity contribution is 0.462. The molecule has 4 heterocycles. The third-order valence-corrected chi connectivity index (χ3v) is 11.1. The Morgan fingerprint density at radius 2 is 1.40 bits per heavy atom. The molecule has 7 heteroatoms. The maximum Gasteiger partial charge on any atom is 0.234 e. The average molecular weight is 697 g/mol. The molecule has 0 spiro atoms. The zero-order valence-electron chi connectivity index (χ0n) is 30.8. The van der Waals surface area contributed by atoms with Gasteiger partial charge in [0.1, 0.15) is 5.58 Å². The maximum atomic E-state index is 6.53. The number of hydrogen-bond acceptors (Lipinski definition) is 5. The van der Waals surface area contributed by atoms with Crippen molar-refractivity contribution in [3.05, 3.63) is 138 Å². The Kier molecular flexibility index (Phi) is 8.42. The second-order valence-corrected chi connectivity index (χ2v) is 14.2. The zero-order valence-corrected chi connectivity index (χ0v) is 30.8. The first kappa shape index (κ1) is 32.9. The second-order valence-electron chi connectivity index (χ2n) is 14.2. The van der Waals surface area contributed by atoms with E-state index in [-0.39, 0.29) is 0 Å². The van der Waals surface area contributed by atoms with Gasteiger partial charge in [-0.2, -0.15) is 4.98 Å². The predicted octanol–water partition coefficient (Wildman–Crippen LogP) is 11.0. The zero-order chi connectivity index (χ0) is 36.1. The Bertz CT molecular complexity index is 2790. The quantitative estimate of drug-likeness (QED) is 0.134. The molecule has 7 nitrogen and oxygen atoms in total. The second kappa shape index (κ2) is 13.6. The highest BCUT2D eigenvalue weighted by Crippen LogP contribution is 2.37. The highest BCUT2D eigenvalue weighted by atomic mass is 16.3. The summed E-state index contributed by atoms with van der Waals surface area (Å²) < 4.78 is 11.1. The number of anilines is 1. The van der Waals surface area contributed by atoms with E-state index in [1.165, 1.54) is 27.4 Å². The lowest BCUT2D eigenvalue weighted by Crippen LogP contribution is -2.21. The number of hydrogen-bond donors (Lipinski definition) is 0. The van der Waals surface area contributed by atoms with Crippen LogP contribution in [-0.4, -0.2) is 32.0 Å². The van der Waals surface area contributed by atoms with Crippen molar-refractivity contribution in [1.29, 1.82) is 0 Å². The Labute approximate surface area is 308 Å². The summed E-state index contributed by atoms with van der Waals surface area (Å²) in [5.74, 6) is 0.439. The lowest BCUT2D eigenvalue weighted by Gasteiger charge is -2.23. The van der Waals surface area contributed by atoms with Gasteiger partial charge >= 0.3 is 0 Å². The summed E-state index contributed by atoms with van der Waals surface area (Å²) in [4.78, 5) is 17.5. The molecule has 9 rings (SSSR count). The van der Waals surface area contributed by atoms with Crippen LogP contribution in [0.25, 0.3) is 60.6 Å². The van der Waals surface area contributed by atoms with Gasteiger partial charge < -0.3 is 13.9 Å². The molecule has 5 aromatic carbocycles. The first-order chi connectivity index (χ1) is 26.0. The van der Waals surface area contributed by atoms with Crippen LogP contribution >= 0.6 is 0 Å². The predicted molar refractivity (Wildman–Crippen MR) is 219 cm³/mol. The van der Waals surface area contributed by atoms with E-state index >= 15 is 0 Å². The van der Waals surface area contributed by atoms with E-state index in [2.05, 4.69) is 145 Å². The van der Waals surface area contributed by atoms with E-state index in [4.69, 9.17) is 19.4 Å². The molecule has 2 unspecified atom stereocenters. The summed E-state index contributed by atoms with van der Waals surface area (Å²) >= 11 is 0. The van der Waals surface area contributed by atoms with Crippen molar-refractivity contribution in [2.24, 2.45) is 4.99 Å².